The molecule has 1 N–H and O–H groups in total. The fourth-order valence-corrected chi connectivity index (χ4v) is 2.98. The average Bonchev–Trinajstić information content (AvgIpc) is 3.04. The molecule has 2 heterocycles. The number of hydrogen-bond donors (Lipinski definition) is 1. The van der Waals surface area contributed by atoms with Crippen LogP contribution in [-0.4, -0.2) is 40.1 Å². The highest BCUT2D eigenvalue weighted by atomic mass is 16.5. The maximum atomic E-state index is 5.85. The highest BCUT2D eigenvalue weighted by molar-refractivity contribution is 5.01. The lowest BCUT2D eigenvalue weighted by Gasteiger charge is -2.32. The van der Waals surface area contributed by atoms with E-state index in [0.29, 0.717) is 6.10 Å². The zero-order valence-corrected chi connectivity index (χ0v) is 11.9. The largest absolute Gasteiger partial charge is 0.378 e. The van der Waals surface area contributed by atoms with E-state index in [-0.39, 0.29) is 5.41 Å². The van der Waals surface area contributed by atoms with Crippen molar-refractivity contribution < 1.29 is 4.74 Å². The molecule has 0 bridgehead atoms. The molecule has 1 saturated carbocycles. The van der Waals surface area contributed by atoms with Gasteiger partial charge in [0.05, 0.1) is 6.10 Å². The highest BCUT2D eigenvalue weighted by Crippen LogP contribution is 2.38. The van der Waals surface area contributed by atoms with Gasteiger partial charge < -0.3 is 10.1 Å². The Labute approximate surface area is 114 Å². The predicted octanol–water partition coefficient (Wildman–Crippen LogP) is 1.39. The lowest BCUT2D eigenvalue weighted by molar-refractivity contribution is 0.0613. The summed E-state index contributed by atoms with van der Waals surface area (Å²) < 4.78 is 7.85. The molecule has 2 fully saturated rings. The van der Waals surface area contributed by atoms with Crippen molar-refractivity contribution in [2.24, 2.45) is 5.41 Å². The molecule has 2 aliphatic rings. The van der Waals surface area contributed by atoms with E-state index in [1.54, 1.807) is 6.33 Å². The molecule has 1 aliphatic carbocycles. The number of nitrogens with zero attached hydrogens (tertiary/aromatic N) is 3. The minimum atomic E-state index is 0.183. The Morgan fingerprint density at radius 3 is 3.00 bits per heavy atom. The van der Waals surface area contributed by atoms with Crippen LogP contribution in [0.3, 0.4) is 0 Å². The van der Waals surface area contributed by atoms with Crippen LogP contribution < -0.4 is 5.32 Å². The second-order valence-electron chi connectivity index (χ2n) is 5.95. The van der Waals surface area contributed by atoms with E-state index in [1.807, 2.05) is 4.68 Å². The van der Waals surface area contributed by atoms with Gasteiger partial charge in [-0.3, -0.25) is 4.68 Å². The van der Waals surface area contributed by atoms with Gasteiger partial charge >= 0.3 is 0 Å². The third-order valence-corrected chi connectivity index (χ3v) is 4.66. The normalized spacial score (nSPS) is 30.9. The zero-order chi connectivity index (χ0) is 13.3. The van der Waals surface area contributed by atoms with E-state index in [4.69, 9.17) is 4.74 Å². The summed E-state index contributed by atoms with van der Waals surface area (Å²) in [5.74, 6) is 1.09. The molecule has 5 nitrogen and oxygen atoms in total. The third-order valence-electron chi connectivity index (χ3n) is 4.66. The molecular formula is C14H24N4O. The summed E-state index contributed by atoms with van der Waals surface area (Å²) in [5, 5.41) is 7.97. The Morgan fingerprint density at radius 1 is 1.53 bits per heavy atom. The summed E-state index contributed by atoms with van der Waals surface area (Å²) in [5.41, 5.74) is 0.183. The van der Waals surface area contributed by atoms with Gasteiger partial charge in [0.25, 0.3) is 0 Å². The molecule has 1 aromatic rings. The monoisotopic (exact) mass is 264 g/mol. The molecule has 3 rings (SSSR count). The number of aromatic nitrogens is 3. The van der Waals surface area contributed by atoms with Crippen molar-refractivity contribution in [2.75, 3.05) is 13.2 Å². The quantitative estimate of drug-likeness (QED) is 0.843. The second-order valence-corrected chi connectivity index (χ2v) is 5.95. The standard InChI is InChI=1S/C14H24N4O/c1-3-18-13(16-10-17-18)8-14(6-7-19-11(14)2)9-15-12-4-5-12/h10-12,15H,3-9H2,1-2H3. The average molecular weight is 264 g/mol. The van der Waals surface area contributed by atoms with Gasteiger partial charge in [-0.25, -0.2) is 4.98 Å². The number of ether oxygens (including phenoxy) is 1. The van der Waals surface area contributed by atoms with E-state index in [0.717, 1.165) is 44.4 Å². The lowest BCUT2D eigenvalue weighted by atomic mass is 9.78. The smallest absolute Gasteiger partial charge is 0.138 e. The molecular weight excluding hydrogens is 240 g/mol. The van der Waals surface area contributed by atoms with Crippen LogP contribution in [0, 0.1) is 5.41 Å². The van der Waals surface area contributed by atoms with Crippen molar-refractivity contribution in [3.8, 4) is 0 Å². The Morgan fingerprint density at radius 2 is 2.37 bits per heavy atom. The molecule has 0 spiro atoms. The van der Waals surface area contributed by atoms with E-state index >= 15 is 0 Å². The van der Waals surface area contributed by atoms with Gasteiger partial charge in [-0.2, -0.15) is 5.10 Å². The molecule has 5 heteroatoms. The maximum absolute atomic E-state index is 5.85. The fraction of sp³-hybridized carbons (Fsp3) is 0.857. The lowest BCUT2D eigenvalue weighted by Crippen LogP contribution is -2.42. The molecule has 0 amide bonds. The number of rotatable bonds is 6. The van der Waals surface area contributed by atoms with Crippen molar-refractivity contribution in [3.63, 3.8) is 0 Å². The molecule has 1 aliphatic heterocycles. The molecule has 106 valence electrons. The fourth-order valence-electron chi connectivity index (χ4n) is 2.98. The van der Waals surface area contributed by atoms with E-state index in [2.05, 4.69) is 29.2 Å². The molecule has 1 saturated heterocycles. The summed E-state index contributed by atoms with van der Waals surface area (Å²) in [4.78, 5) is 4.44. The molecule has 0 radical (unpaired) electrons. The van der Waals surface area contributed by atoms with Crippen molar-refractivity contribution >= 4 is 0 Å². The minimum absolute atomic E-state index is 0.183. The molecule has 2 unspecified atom stereocenters. The first-order chi connectivity index (χ1) is 9.23. The van der Waals surface area contributed by atoms with Crippen molar-refractivity contribution in [1.82, 2.24) is 20.1 Å². The van der Waals surface area contributed by atoms with Gasteiger partial charge in [0, 0.05) is 37.6 Å². The van der Waals surface area contributed by atoms with Gasteiger partial charge in [-0.15, -0.1) is 0 Å². The van der Waals surface area contributed by atoms with Gasteiger partial charge in [0.2, 0.25) is 0 Å². The van der Waals surface area contributed by atoms with Crippen LogP contribution >= 0.6 is 0 Å². The van der Waals surface area contributed by atoms with Crippen LogP contribution in [0.5, 0.6) is 0 Å². The van der Waals surface area contributed by atoms with Gasteiger partial charge in [0.1, 0.15) is 12.2 Å². The molecule has 19 heavy (non-hydrogen) atoms. The van der Waals surface area contributed by atoms with Crippen LogP contribution in [0.4, 0.5) is 0 Å². The van der Waals surface area contributed by atoms with E-state index in [9.17, 15) is 0 Å². The molecule has 2 atom stereocenters. The van der Waals surface area contributed by atoms with Crippen molar-refractivity contribution in [2.45, 2.75) is 58.2 Å². The maximum Gasteiger partial charge on any atom is 0.138 e. The summed E-state index contributed by atoms with van der Waals surface area (Å²) in [6.07, 6.45) is 6.70. The Kier molecular flexibility index (Phi) is 3.58. The van der Waals surface area contributed by atoms with E-state index in [1.165, 1.54) is 12.8 Å². The SMILES string of the molecule is CCn1ncnc1CC1(CNC2CC2)CCOC1C. The second kappa shape index (κ2) is 5.21. The first kappa shape index (κ1) is 13.1. The van der Waals surface area contributed by atoms with Crippen LogP contribution in [0.1, 0.15) is 38.9 Å². The molecule has 1 aromatic heterocycles. The van der Waals surface area contributed by atoms with Gasteiger partial charge in [-0.1, -0.05) is 0 Å². The Hall–Kier alpha value is -0.940. The van der Waals surface area contributed by atoms with E-state index < -0.39 is 0 Å². The predicted molar refractivity (Wildman–Crippen MR) is 72.9 cm³/mol. The summed E-state index contributed by atoms with van der Waals surface area (Å²) >= 11 is 0. The minimum Gasteiger partial charge on any atom is -0.378 e. The van der Waals surface area contributed by atoms with Crippen molar-refractivity contribution in [1.29, 1.82) is 0 Å². The van der Waals surface area contributed by atoms with Crippen LogP contribution in [-0.2, 0) is 17.7 Å². The van der Waals surface area contributed by atoms with Crippen molar-refractivity contribution in [3.05, 3.63) is 12.2 Å². The van der Waals surface area contributed by atoms with Gasteiger partial charge in [0.15, 0.2) is 0 Å². The molecule has 0 aromatic carbocycles. The Bertz CT molecular complexity index is 429. The number of aryl methyl sites for hydroxylation is 1. The topological polar surface area (TPSA) is 52.0 Å². The number of hydrogen-bond acceptors (Lipinski definition) is 4. The summed E-state index contributed by atoms with van der Waals surface area (Å²) in [6, 6.07) is 0.744. The highest BCUT2D eigenvalue weighted by Gasteiger charge is 2.43. The first-order valence-electron chi connectivity index (χ1n) is 7.45. The first-order valence-corrected chi connectivity index (χ1v) is 7.45. The number of nitrogens with one attached hydrogen (secondary N) is 1. The van der Waals surface area contributed by atoms with Crippen LogP contribution in [0.25, 0.3) is 0 Å². The Balaban J connectivity index is 1.74. The summed E-state index contributed by atoms with van der Waals surface area (Å²) in [7, 11) is 0. The van der Waals surface area contributed by atoms with Crippen LogP contribution in [0.15, 0.2) is 6.33 Å². The third kappa shape index (κ3) is 2.67. The van der Waals surface area contributed by atoms with Gasteiger partial charge in [-0.05, 0) is 33.1 Å². The summed E-state index contributed by atoms with van der Waals surface area (Å²) in [6.45, 7) is 7.11. The zero-order valence-electron chi connectivity index (χ0n) is 11.9. The van der Waals surface area contributed by atoms with Crippen LogP contribution in [0.2, 0.25) is 0 Å².